The number of nitrogens with zero attached hydrogens (tertiary/aromatic N) is 3. The van der Waals surface area contributed by atoms with Crippen LogP contribution in [0.25, 0.3) is 11.1 Å². The molecule has 0 spiro atoms. The molecule has 2 aliphatic rings. The van der Waals surface area contributed by atoms with E-state index < -0.39 is 0 Å². The van der Waals surface area contributed by atoms with E-state index in [1.807, 2.05) is 29.2 Å². The van der Waals surface area contributed by atoms with Gasteiger partial charge in [-0.05, 0) is 37.8 Å². The predicted octanol–water partition coefficient (Wildman–Crippen LogP) is 1.89. The van der Waals surface area contributed by atoms with Gasteiger partial charge >= 0.3 is 5.76 Å². The molecule has 0 bridgehead atoms. The fourth-order valence-electron chi connectivity index (χ4n) is 3.86. The maximum atomic E-state index is 12.5. The van der Waals surface area contributed by atoms with Crippen LogP contribution < -0.4 is 5.76 Å². The molecule has 0 saturated carbocycles. The molecular weight excluding hydrogens is 306 g/mol. The largest absolute Gasteiger partial charge is 0.421 e. The molecular formula is C18H23N3O3. The van der Waals surface area contributed by atoms with Crippen molar-refractivity contribution in [2.24, 2.45) is 5.92 Å². The van der Waals surface area contributed by atoms with Crippen LogP contribution >= 0.6 is 0 Å². The molecule has 4 rings (SSSR count). The Hall–Kier alpha value is -2.08. The number of rotatable bonds is 3. The van der Waals surface area contributed by atoms with Crippen molar-refractivity contribution in [2.45, 2.75) is 32.4 Å². The van der Waals surface area contributed by atoms with E-state index in [0.29, 0.717) is 18.2 Å². The first-order valence-electron chi connectivity index (χ1n) is 8.82. The Labute approximate surface area is 140 Å². The smallest absolute Gasteiger partial charge is 0.408 e. The normalized spacial score (nSPS) is 20.1. The topological polar surface area (TPSA) is 58.7 Å². The molecule has 1 aromatic carbocycles. The van der Waals surface area contributed by atoms with Crippen LogP contribution in [0.15, 0.2) is 33.5 Å². The van der Waals surface area contributed by atoms with E-state index in [-0.39, 0.29) is 11.7 Å². The molecule has 2 saturated heterocycles. The molecule has 0 unspecified atom stereocenters. The van der Waals surface area contributed by atoms with Gasteiger partial charge in [0.1, 0.15) is 0 Å². The summed E-state index contributed by atoms with van der Waals surface area (Å²) >= 11 is 0. The number of aromatic nitrogens is 1. The van der Waals surface area contributed by atoms with Crippen LogP contribution in [-0.4, -0.2) is 46.5 Å². The average Bonchev–Trinajstić information content (AvgIpc) is 3.24. The van der Waals surface area contributed by atoms with Crippen molar-refractivity contribution in [3.05, 3.63) is 34.8 Å². The highest BCUT2D eigenvalue weighted by atomic mass is 16.4. The molecule has 6 heteroatoms. The third kappa shape index (κ3) is 2.86. The minimum absolute atomic E-state index is 0.150. The van der Waals surface area contributed by atoms with Crippen molar-refractivity contribution < 1.29 is 9.21 Å². The number of hydrogen-bond acceptors (Lipinski definition) is 4. The molecule has 2 fully saturated rings. The quantitative estimate of drug-likeness (QED) is 0.863. The third-order valence-electron chi connectivity index (χ3n) is 5.27. The van der Waals surface area contributed by atoms with Crippen LogP contribution in [0.1, 0.15) is 25.7 Å². The summed E-state index contributed by atoms with van der Waals surface area (Å²) in [5.41, 5.74) is 1.46. The Morgan fingerprint density at radius 3 is 2.54 bits per heavy atom. The summed E-state index contributed by atoms with van der Waals surface area (Å²) in [7, 11) is 0. The molecule has 0 N–H and O–H groups in total. The lowest BCUT2D eigenvalue weighted by atomic mass is 9.95. The first kappa shape index (κ1) is 15.4. The Kier molecular flexibility index (Phi) is 4.14. The van der Waals surface area contributed by atoms with Crippen molar-refractivity contribution in [3.8, 4) is 0 Å². The number of likely N-dealkylation sites (tertiary alicyclic amines) is 2. The van der Waals surface area contributed by atoms with Gasteiger partial charge in [-0.15, -0.1) is 0 Å². The summed E-state index contributed by atoms with van der Waals surface area (Å²) in [5.74, 6) is 0.168. The van der Waals surface area contributed by atoms with Crippen molar-refractivity contribution >= 4 is 17.0 Å². The number of para-hydroxylation sites is 2. The summed E-state index contributed by atoms with van der Waals surface area (Å²) < 4.78 is 6.97. The van der Waals surface area contributed by atoms with Crippen molar-refractivity contribution in [1.29, 1.82) is 0 Å². The second kappa shape index (κ2) is 6.43. The molecule has 3 heterocycles. The zero-order valence-corrected chi connectivity index (χ0v) is 13.8. The van der Waals surface area contributed by atoms with Crippen molar-refractivity contribution in [2.75, 3.05) is 26.2 Å². The minimum Gasteiger partial charge on any atom is -0.408 e. The fourth-order valence-corrected chi connectivity index (χ4v) is 3.86. The van der Waals surface area contributed by atoms with Crippen LogP contribution in [0.3, 0.4) is 0 Å². The summed E-state index contributed by atoms with van der Waals surface area (Å²) in [6, 6.07) is 7.50. The van der Waals surface area contributed by atoms with Crippen molar-refractivity contribution in [1.82, 2.24) is 14.4 Å². The molecule has 1 aromatic heterocycles. The van der Waals surface area contributed by atoms with Gasteiger partial charge in [-0.1, -0.05) is 12.1 Å². The van der Waals surface area contributed by atoms with Gasteiger partial charge in [0.25, 0.3) is 0 Å². The van der Waals surface area contributed by atoms with Gasteiger partial charge in [-0.3, -0.25) is 14.3 Å². The van der Waals surface area contributed by atoms with E-state index >= 15 is 0 Å². The second-order valence-electron chi connectivity index (χ2n) is 6.83. The van der Waals surface area contributed by atoms with Gasteiger partial charge in [0.2, 0.25) is 5.91 Å². The standard InChI is InChI=1S/C18H23N3O3/c22-17(20-9-3-4-10-20)14-7-11-19(12-8-14)13-21-15-5-1-2-6-16(15)24-18(21)23/h1-2,5-6,14H,3-4,7-13H2. The lowest BCUT2D eigenvalue weighted by Gasteiger charge is -2.33. The first-order valence-corrected chi connectivity index (χ1v) is 8.82. The van der Waals surface area contributed by atoms with E-state index in [1.54, 1.807) is 4.57 Å². The van der Waals surface area contributed by atoms with Crippen LogP contribution in [-0.2, 0) is 11.5 Å². The maximum absolute atomic E-state index is 12.5. The molecule has 0 atom stereocenters. The summed E-state index contributed by atoms with van der Waals surface area (Å²) in [4.78, 5) is 28.8. The van der Waals surface area contributed by atoms with Crippen LogP contribution in [0, 0.1) is 5.92 Å². The van der Waals surface area contributed by atoms with Gasteiger partial charge in [0.05, 0.1) is 12.2 Å². The van der Waals surface area contributed by atoms with Gasteiger partial charge in [-0.25, -0.2) is 4.79 Å². The van der Waals surface area contributed by atoms with Gasteiger partial charge < -0.3 is 9.32 Å². The molecule has 24 heavy (non-hydrogen) atoms. The highest BCUT2D eigenvalue weighted by Gasteiger charge is 2.30. The lowest BCUT2D eigenvalue weighted by molar-refractivity contribution is -0.136. The lowest BCUT2D eigenvalue weighted by Crippen LogP contribution is -2.42. The van der Waals surface area contributed by atoms with E-state index in [1.165, 1.54) is 0 Å². The first-order chi connectivity index (χ1) is 11.7. The molecule has 6 nitrogen and oxygen atoms in total. The number of fused-ring (bicyclic) bond motifs is 1. The second-order valence-corrected chi connectivity index (χ2v) is 6.83. The van der Waals surface area contributed by atoms with Gasteiger partial charge in [0, 0.05) is 32.1 Å². The van der Waals surface area contributed by atoms with Crippen LogP contribution in [0.4, 0.5) is 0 Å². The Bertz CT molecular complexity index is 780. The maximum Gasteiger partial charge on any atom is 0.421 e. The number of amides is 1. The zero-order valence-electron chi connectivity index (χ0n) is 13.8. The number of benzene rings is 1. The molecule has 2 aromatic rings. The van der Waals surface area contributed by atoms with Crippen LogP contribution in [0.2, 0.25) is 0 Å². The molecule has 128 valence electrons. The number of hydrogen-bond donors (Lipinski definition) is 0. The van der Waals surface area contributed by atoms with Crippen molar-refractivity contribution in [3.63, 3.8) is 0 Å². The Morgan fingerprint density at radius 2 is 1.79 bits per heavy atom. The molecule has 0 aliphatic carbocycles. The number of piperidine rings is 1. The van der Waals surface area contributed by atoms with Gasteiger partial charge in [0.15, 0.2) is 5.58 Å². The highest BCUT2D eigenvalue weighted by Crippen LogP contribution is 2.23. The zero-order chi connectivity index (χ0) is 16.5. The molecule has 0 radical (unpaired) electrons. The molecule has 2 aliphatic heterocycles. The predicted molar refractivity (Wildman–Crippen MR) is 90.6 cm³/mol. The minimum atomic E-state index is -0.313. The average molecular weight is 329 g/mol. The Balaban J connectivity index is 1.40. The van der Waals surface area contributed by atoms with E-state index in [4.69, 9.17) is 4.42 Å². The third-order valence-corrected chi connectivity index (χ3v) is 5.27. The summed E-state index contributed by atoms with van der Waals surface area (Å²) in [6.45, 7) is 4.07. The molecule has 1 amide bonds. The fraction of sp³-hybridized carbons (Fsp3) is 0.556. The van der Waals surface area contributed by atoms with Crippen LogP contribution in [0.5, 0.6) is 0 Å². The Morgan fingerprint density at radius 1 is 1.08 bits per heavy atom. The summed E-state index contributed by atoms with van der Waals surface area (Å²) in [6.07, 6.45) is 4.03. The van der Waals surface area contributed by atoms with E-state index in [2.05, 4.69) is 4.90 Å². The van der Waals surface area contributed by atoms with E-state index in [0.717, 1.165) is 57.4 Å². The number of carbonyl (C=O) groups excluding carboxylic acids is 1. The number of carbonyl (C=O) groups is 1. The van der Waals surface area contributed by atoms with Gasteiger partial charge in [-0.2, -0.15) is 0 Å². The van der Waals surface area contributed by atoms with E-state index in [9.17, 15) is 9.59 Å². The SMILES string of the molecule is O=C(C1CCN(Cn2c(=O)oc3ccccc32)CC1)N1CCCC1. The number of oxazole rings is 1. The highest BCUT2D eigenvalue weighted by molar-refractivity contribution is 5.79. The summed E-state index contributed by atoms with van der Waals surface area (Å²) in [5, 5.41) is 0. The monoisotopic (exact) mass is 329 g/mol.